The molecule has 6 heteroatoms. The number of aliphatic hydroxyl groups is 1. The van der Waals surface area contributed by atoms with E-state index in [1.165, 1.54) is 13.0 Å². The molecule has 0 amide bonds. The highest BCUT2D eigenvalue weighted by Crippen LogP contribution is 2.28. The van der Waals surface area contributed by atoms with Gasteiger partial charge in [-0.1, -0.05) is 26.8 Å². The van der Waals surface area contributed by atoms with Gasteiger partial charge < -0.3 is 9.84 Å². The lowest BCUT2D eigenvalue weighted by Gasteiger charge is -2.33. The van der Waals surface area contributed by atoms with Crippen LogP contribution in [-0.2, 0) is 0 Å². The van der Waals surface area contributed by atoms with E-state index < -0.39 is 23.5 Å². The Kier molecular flexibility index (Phi) is 6.23. The zero-order valence-corrected chi connectivity index (χ0v) is 13.1. The SMILES string of the molecule is CC(C)(C)C(C)(C)O.Cc1ccc(OC(F)(F)F)cc1F. The summed E-state index contributed by atoms with van der Waals surface area (Å²) in [5.41, 5.74) is -0.297. The second-order valence-electron chi connectivity index (χ2n) is 6.27. The molecule has 0 radical (unpaired) electrons. The molecule has 0 aliphatic carbocycles. The van der Waals surface area contributed by atoms with E-state index in [1.807, 2.05) is 34.6 Å². The molecule has 0 bridgehead atoms. The lowest BCUT2D eigenvalue weighted by molar-refractivity contribution is -0.274. The molecule has 1 rings (SSSR count). The Balaban J connectivity index is 0.000000433. The van der Waals surface area contributed by atoms with Gasteiger partial charge in [-0.15, -0.1) is 13.2 Å². The quantitative estimate of drug-likeness (QED) is 0.752. The summed E-state index contributed by atoms with van der Waals surface area (Å²) < 4.78 is 51.1. The van der Waals surface area contributed by atoms with Crippen LogP contribution in [0, 0.1) is 18.2 Å². The Labute approximate surface area is 122 Å². The molecule has 0 aliphatic heterocycles. The summed E-state index contributed by atoms with van der Waals surface area (Å²) >= 11 is 0. The van der Waals surface area contributed by atoms with Gasteiger partial charge in [-0.3, -0.25) is 0 Å². The first-order valence-electron chi connectivity index (χ1n) is 6.38. The smallest absolute Gasteiger partial charge is 0.406 e. The highest BCUT2D eigenvalue weighted by Gasteiger charge is 2.31. The maximum Gasteiger partial charge on any atom is 0.573 e. The molecule has 1 aromatic carbocycles. The minimum atomic E-state index is -4.78. The molecule has 0 spiro atoms. The molecule has 0 unspecified atom stereocenters. The third-order valence-electron chi connectivity index (χ3n) is 3.21. The minimum Gasteiger partial charge on any atom is -0.406 e. The van der Waals surface area contributed by atoms with Crippen molar-refractivity contribution in [1.29, 1.82) is 0 Å². The zero-order chi connectivity index (χ0) is 17.1. The Hall–Kier alpha value is -1.30. The Morgan fingerprint density at radius 2 is 1.43 bits per heavy atom. The summed E-state index contributed by atoms with van der Waals surface area (Å²) in [5.74, 6) is -1.27. The van der Waals surface area contributed by atoms with Gasteiger partial charge in [0, 0.05) is 6.07 Å². The van der Waals surface area contributed by atoms with Gasteiger partial charge in [-0.05, 0) is 37.8 Å². The molecule has 0 saturated heterocycles. The van der Waals surface area contributed by atoms with Crippen molar-refractivity contribution < 1.29 is 27.4 Å². The highest BCUT2D eigenvalue weighted by molar-refractivity contribution is 5.28. The first kappa shape index (κ1) is 19.7. The number of aryl methyl sites for hydroxylation is 1. The fourth-order valence-electron chi connectivity index (χ4n) is 0.771. The molecule has 122 valence electrons. The van der Waals surface area contributed by atoms with E-state index in [1.54, 1.807) is 0 Å². The molecule has 1 N–H and O–H groups in total. The largest absolute Gasteiger partial charge is 0.573 e. The average Bonchev–Trinajstić information content (AvgIpc) is 2.19. The van der Waals surface area contributed by atoms with E-state index in [0.29, 0.717) is 6.07 Å². The van der Waals surface area contributed by atoms with Gasteiger partial charge in [-0.25, -0.2) is 4.39 Å². The molecule has 0 aliphatic rings. The second kappa shape index (κ2) is 6.64. The van der Waals surface area contributed by atoms with Gasteiger partial charge >= 0.3 is 6.36 Å². The molecule has 0 atom stereocenters. The van der Waals surface area contributed by atoms with Crippen LogP contribution in [-0.4, -0.2) is 17.1 Å². The van der Waals surface area contributed by atoms with Crippen molar-refractivity contribution in [1.82, 2.24) is 0 Å². The standard InChI is InChI=1S/C8H6F4O.C7H16O/c1-5-2-3-6(4-7(5)9)13-8(10,11)12;1-6(2,3)7(4,5)8/h2-4H,1H3;8H,1-5H3. The Morgan fingerprint density at radius 3 is 1.71 bits per heavy atom. The summed E-state index contributed by atoms with van der Waals surface area (Å²) in [7, 11) is 0. The van der Waals surface area contributed by atoms with Crippen LogP contribution in [0.3, 0.4) is 0 Å². The van der Waals surface area contributed by atoms with Crippen LogP contribution in [0.25, 0.3) is 0 Å². The van der Waals surface area contributed by atoms with Crippen LogP contribution in [0.2, 0.25) is 0 Å². The monoisotopic (exact) mass is 310 g/mol. The fraction of sp³-hybridized carbons (Fsp3) is 0.600. The molecule has 0 fully saturated rings. The molecule has 0 saturated carbocycles. The summed E-state index contributed by atoms with van der Waals surface area (Å²) in [6.07, 6.45) is -4.78. The van der Waals surface area contributed by atoms with Crippen molar-refractivity contribution in [2.45, 2.75) is 53.5 Å². The highest BCUT2D eigenvalue weighted by atomic mass is 19.4. The van der Waals surface area contributed by atoms with Crippen LogP contribution < -0.4 is 4.74 Å². The fourth-order valence-corrected chi connectivity index (χ4v) is 0.771. The van der Waals surface area contributed by atoms with Crippen molar-refractivity contribution in [3.05, 3.63) is 29.6 Å². The zero-order valence-electron chi connectivity index (χ0n) is 13.1. The normalized spacial score (nSPS) is 12.5. The van der Waals surface area contributed by atoms with Crippen LogP contribution in [0.1, 0.15) is 40.2 Å². The number of rotatable bonds is 1. The van der Waals surface area contributed by atoms with Gasteiger partial charge in [0.25, 0.3) is 0 Å². The molecule has 2 nitrogen and oxygen atoms in total. The predicted octanol–water partition coefficient (Wildman–Crippen LogP) is 4.84. The molecular weight excluding hydrogens is 288 g/mol. The van der Waals surface area contributed by atoms with E-state index in [2.05, 4.69) is 4.74 Å². The van der Waals surface area contributed by atoms with Crippen molar-refractivity contribution in [2.24, 2.45) is 5.41 Å². The van der Waals surface area contributed by atoms with Crippen molar-refractivity contribution in [3.8, 4) is 5.75 Å². The van der Waals surface area contributed by atoms with Crippen LogP contribution >= 0.6 is 0 Å². The predicted molar refractivity (Wildman–Crippen MR) is 73.6 cm³/mol. The van der Waals surface area contributed by atoms with Crippen molar-refractivity contribution in [3.63, 3.8) is 0 Å². The third kappa shape index (κ3) is 7.90. The molecule has 0 heterocycles. The Morgan fingerprint density at radius 1 is 1.00 bits per heavy atom. The van der Waals surface area contributed by atoms with Crippen molar-refractivity contribution in [2.75, 3.05) is 0 Å². The van der Waals surface area contributed by atoms with E-state index in [0.717, 1.165) is 6.07 Å². The van der Waals surface area contributed by atoms with E-state index in [4.69, 9.17) is 0 Å². The van der Waals surface area contributed by atoms with Crippen LogP contribution in [0.4, 0.5) is 17.6 Å². The second-order valence-corrected chi connectivity index (χ2v) is 6.27. The van der Waals surface area contributed by atoms with Crippen LogP contribution in [0.15, 0.2) is 18.2 Å². The number of hydrogen-bond donors (Lipinski definition) is 1. The first-order chi connectivity index (χ1) is 9.13. The van der Waals surface area contributed by atoms with E-state index in [-0.39, 0.29) is 11.0 Å². The maximum absolute atomic E-state index is 12.7. The van der Waals surface area contributed by atoms with Gasteiger partial charge in [0.05, 0.1) is 5.60 Å². The number of alkyl halides is 3. The number of halogens is 4. The Bertz CT molecular complexity index is 442. The summed E-state index contributed by atoms with van der Waals surface area (Å²) in [6.45, 7) is 11.2. The maximum atomic E-state index is 12.7. The van der Waals surface area contributed by atoms with Gasteiger partial charge in [0.1, 0.15) is 11.6 Å². The summed E-state index contributed by atoms with van der Waals surface area (Å²) in [4.78, 5) is 0. The molecular formula is C15H22F4O2. The average molecular weight is 310 g/mol. The number of ether oxygens (including phenoxy) is 1. The summed E-state index contributed by atoms with van der Waals surface area (Å²) in [5, 5.41) is 9.35. The van der Waals surface area contributed by atoms with Gasteiger partial charge in [0.15, 0.2) is 0 Å². The lowest BCUT2D eigenvalue weighted by atomic mass is 9.79. The number of hydrogen-bond acceptors (Lipinski definition) is 2. The third-order valence-corrected chi connectivity index (χ3v) is 3.21. The molecule has 1 aromatic rings. The van der Waals surface area contributed by atoms with E-state index in [9.17, 15) is 22.7 Å². The van der Waals surface area contributed by atoms with Crippen molar-refractivity contribution >= 4 is 0 Å². The van der Waals surface area contributed by atoms with Gasteiger partial charge in [-0.2, -0.15) is 0 Å². The molecule has 21 heavy (non-hydrogen) atoms. The van der Waals surface area contributed by atoms with E-state index >= 15 is 0 Å². The van der Waals surface area contributed by atoms with Gasteiger partial charge in [0.2, 0.25) is 0 Å². The topological polar surface area (TPSA) is 29.5 Å². The molecule has 0 aromatic heterocycles. The summed E-state index contributed by atoms with van der Waals surface area (Å²) in [6, 6.07) is 2.98. The number of benzene rings is 1. The first-order valence-corrected chi connectivity index (χ1v) is 6.38. The minimum absolute atomic E-state index is 0.00694. The van der Waals surface area contributed by atoms with Crippen LogP contribution in [0.5, 0.6) is 5.75 Å². The lowest BCUT2D eigenvalue weighted by Crippen LogP contribution is -2.35.